The van der Waals surface area contributed by atoms with Crippen molar-refractivity contribution in [2.45, 2.75) is 20.8 Å². The minimum absolute atomic E-state index is 0.128. The Hall–Kier alpha value is -2.70. The Morgan fingerprint density at radius 1 is 0.962 bits per heavy atom. The molecule has 1 aromatic carbocycles. The summed E-state index contributed by atoms with van der Waals surface area (Å²) in [6.07, 6.45) is 0. The predicted molar refractivity (Wildman–Crippen MR) is 109 cm³/mol. The number of hydrogen-bond acceptors (Lipinski definition) is 7. The summed E-state index contributed by atoms with van der Waals surface area (Å²) in [6.45, 7) is 8.81. The molecule has 0 saturated carbocycles. The van der Waals surface area contributed by atoms with Crippen LogP contribution in [0.2, 0.25) is 0 Å². The normalized spacial score (nSPS) is 10.7. The maximum atomic E-state index is 11.9. The predicted octanol–water partition coefficient (Wildman–Crippen LogP) is 2.65. The Balaban J connectivity index is 2.86. The van der Waals surface area contributed by atoms with Crippen LogP contribution in [0.4, 0.5) is 23.1 Å². The first-order valence-corrected chi connectivity index (χ1v) is 8.91. The van der Waals surface area contributed by atoms with Crippen LogP contribution in [-0.4, -0.2) is 45.8 Å². The van der Waals surface area contributed by atoms with Crippen molar-refractivity contribution < 1.29 is 4.42 Å². The molecule has 0 amide bonds. The van der Waals surface area contributed by atoms with E-state index in [-0.39, 0.29) is 6.01 Å². The van der Waals surface area contributed by atoms with Crippen LogP contribution in [0, 0.1) is 0 Å². The molecular formula is C19H29N5O2. The number of nitrogens with zero attached hydrogens (tertiary/aromatic N) is 4. The standard InChI is InChI=1S/C19H29N5O2/c1-7-22(4)13-10-14(16-12-17(25)21-19(20)26-16)18(24(6)9-3)15(11-13)23(5)8-2/h10-12H,7-9H2,1-6H3,(H2,20,21,25). The second-order valence-corrected chi connectivity index (χ2v) is 6.30. The first-order chi connectivity index (χ1) is 12.3. The van der Waals surface area contributed by atoms with Crippen LogP contribution in [0.3, 0.4) is 0 Å². The lowest BCUT2D eigenvalue weighted by atomic mass is 10.0. The average molecular weight is 359 g/mol. The van der Waals surface area contributed by atoms with Gasteiger partial charge in [0.2, 0.25) is 0 Å². The fourth-order valence-electron chi connectivity index (χ4n) is 2.77. The number of rotatable bonds is 7. The number of benzene rings is 1. The Bertz CT molecular complexity index is 818. The first-order valence-electron chi connectivity index (χ1n) is 8.91. The van der Waals surface area contributed by atoms with Gasteiger partial charge in [-0.15, -0.1) is 0 Å². The smallest absolute Gasteiger partial charge is 0.295 e. The van der Waals surface area contributed by atoms with Gasteiger partial charge in [-0.1, -0.05) is 0 Å². The summed E-state index contributed by atoms with van der Waals surface area (Å²) in [6, 6.07) is 5.47. The molecule has 2 aromatic rings. The number of anilines is 4. The number of nitrogens with two attached hydrogens (primary N) is 1. The SMILES string of the molecule is CCN(C)c1cc(-c2cc(=O)nc(N)o2)c(N(C)CC)c(N(C)CC)c1. The van der Waals surface area contributed by atoms with Gasteiger partial charge in [0.25, 0.3) is 11.6 Å². The van der Waals surface area contributed by atoms with Crippen LogP contribution in [0.5, 0.6) is 0 Å². The molecule has 2 N–H and O–H groups in total. The van der Waals surface area contributed by atoms with Gasteiger partial charge in [-0.25, -0.2) is 0 Å². The molecule has 0 radical (unpaired) electrons. The number of nitrogen functional groups attached to an aromatic ring is 1. The summed E-state index contributed by atoms with van der Waals surface area (Å²) in [5.41, 5.74) is 9.23. The third-order valence-corrected chi connectivity index (χ3v) is 4.69. The second kappa shape index (κ2) is 8.12. The van der Waals surface area contributed by atoms with E-state index in [1.165, 1.54) is 6.07 Å². The van der Waals surface area contributed by atoms with E-state index in [1.54, 1.807) is 0 Å². The lowest BCUT2D eigenvalue weighted by molar-refractivity contribution is 0.564. The lowest BCUT2D eigenvalue weighted by Crippen LogP contribution is -2.25. The Kier molecular flexibility index (Phi) is 6.13. The Morgan fingerprint density at radius 2 is 1.58 bits per heavy atom. The summed E-state index contributed by atoms with van der Waals surface area (Å²) in [5.74, 6) is 0.426. The molecule has 1 aromatic heterocycles. The molecular weight excluding hydrogens is 330 g/mol. The van der Waals surface area contributed by atoms with E-state index in [9.17, 15) is 4.79 Å². The average Bonchev–Trinajstić information content (AvgIpc) is 2.64. The molecule has 0 aliphatic rings. The van der Waals surface area contributed by atoms with Crippen LogP contribution in [-0.2, 0) is 0 Å². The van der Waals surface area contributed by atoms with Crippen LogP contribution >= 0.6 is 0 Å². The van der Waals surface area contributed by atoms with E-state index in [0.717, 1.165) is 42.3 Å². The van der Waals surface area contributed by atoms with E-state index in [2.05, 4.69) is 53.6 Å². The molecule has 2 rings (SSSR count). The molecule has 142 valence electrons. The van der Waals surface area contributed by atoms with Crippen molar-refractivity contribution in [2.24, 2.45) is 0 Å². The van der Waals surface area contributed by atoms with Crippen molar-refractivity contribution in [2.75, 3.05) is 61.2 Å². The van der Waals surface area contributed by atoms with Crippen molar-refractivity contribution in [1.29, 1.82) is 0 Å². The molecule has 0 bridgehead atoms. The van der Waals surface area contributed by atoms with Crippen LogP contribution < -0.4 is 26.0 Å². The van der Waals surface area contributed by atoms with Crippen molar-refractivity contribution >= 4 is 23.1 Å². The Labute approximate surface area is 155 Å². The van der Waals surface area contributed by atoms with Gasteiger partial charge in [0.1, 0.15) is 5.76 Å². The van der Waals surface area contributed by atoms with Crippen molar-refractivity contribution in [3.63, 3.8) is 0 Å². The molecule has 0 unspecified atom stereocenters. The van der Waals surface area contributed by atoms with E-state index >= 15 is 0 Å². The van der Waals surface area contributed by atoms with E-state index in [4.69, 9.17) is 10.2 Å². The lowest BCUT2D eigenvalue weighted by Gasteiger charge is -2.31. The molecule has 0 saturated heterocycles. The number of hydrogen-bond donors (Lipinski definition) is 1. The minimum Gasteiger partial charge on any atom is -0.425 e. The molecule has 0 atom stereocenters. The Morgan fingerprint density at radius 3 is 2.12 bits per heavy atom. The highest BCUT2D eigenvalue weighted by molar-refractivity contribution is 5.90. The van der Waals surface area contributed by atoms with Gasteiger partial charge >= 0.3 is 0 Å². The summed E-state index contributed by atoms with van der Waals surface area (Å²) in [4.78, 5) is 22.0. The maximum absolute atomic E-state index is 11.9. The van der Waals surface area contributed by atoms with Crippen molar-refractivity contribution in [1.82, 2.24) is 4.98 Å². The highest BCUT2D eigenvalue weighted by atomic mass is 16.4. The molecule has 7 heteroatoms. The molecule has 26 heavy (non-hydrogen) atoms. The zero-order valence-electron chi connectivity index (χ0n) is 16.5. The minimum atomic E-state index is -0.409. The topological polar surface area (TPSA) is 78.8 Å². The van der Waals surface area contributed by atoms with Crippen LogP contribution in [0.25, 0.3) is 11.3 Å². The number of aromatic nitrogens is 1. The fourth-order valence-corrected chi connectivity index (χ4v) is 2.77. The summed E-state index contributed by atoms with van der Waals surface area (Å²) in [5, 5.41) is 0. The van der Waals surface area contributed by atoms with E-state index in [0.29, 0.717) is 5.76 Å². The van der Waals surface area contributed by atoms with Gasteiger partial charge in [-0.3, -0.25) is 4.79 Å². The van der Waals surface area contributed by atoms with Crippen LogP contribution in [0.1, 0.15) is 20.8 Å². The van der Waals surface area contributed by atoms with Gasteiger partial charge in [-0.2, -0.15) is 4.98 Å². The molecule has 1 heterocycles. The third-order valence-electron chi connectivity index (χ3n) is 4.69. The first kappa shape index (κ1) is 19.6. The summed E-state index contributed by atoms with van der Waals surface area (Å²) in [7, 11) is 6.12. The van der Waals surface area contributed by atoms with Gasteiger partial charge in [0, 0.05) is 58.1 Å². The van der Waals surface area contributed by atoms with Gasteiger partial charge in [0.05, 0.1) is 11.4 Å². The maximum Gasteiger partial charge on any atom is 0.295 e. The fraction of sp³-hybridized carbons (Fsp3) is 0.474. The van der Waals surface area contributed by atoms with Gasteiger partial charge in [-0.05, 0) is 32.9 Å². The molecule has 0 aliphatic heterocycles. The molecule has 0 spiro atoms. The largest absolute Gasteiger partial charge is 0.425 e. The zero-order valence-corrected chi connectivity index (χ0v) is 16.5. The monoisotopic (exact) mass is 359 g/mol. The molecule has 7 nitrogen and oxygen atoms in total. The van der Waals surface area contributed by atoms with E-state index < -0.39 is 5.56 Å². The van der Waals surface area contributed by atoms with Gasteiger partial charge < -0.3 is 24.9 Å². The summed E-state index contributed by atoms with van der Waals surface area (Å²) >= 11 is 0. The summed E-state index contributed by atoms with van der Waals surface area (Å²) < 4.78 is 5.62. The van der Waals surface area contributed by atoms with Crippen molar-refractivity contribution in [3.05, 3.63) is 28.6 Å². The third kappa shape index (κ3) is 3.92. The highest BCUT2D eigenvalue weighted by Crippen LogP contribution is 2.41. The van der Waals surface area contributed by atoms with Crippen molar-refractivity contribution in [3.8, 4) is 11.3 Å². The quantitative estimate of drug-likeness (QED) is 0.814. The zero-order chi connectivity index (χ0) is 19.4. The highest BCUT2D eigenvalue weighted by Gasteiger charge is 2.21. The molecule has 0 fully saturated rings. The van der Waals surface area contributed by atoms with E-state index in [1.807, 2.05) is 20.2 Å². The molecule has 0 aliphatic carbocycles. The van der Waals surface area contributed by atoms with Gasteiger partial charge in [0.15, 0.2) is 0 Å². The van der Waals surface area contributed by atoms with Crippen LogP contribution in [0.15, 0.2) is 27.4 Å². The second-order valence-electron chi connectivity index (χ2n) is 6.30.